The Kier molecular flexibility index (Phi) is 5.01. The van der Waals surface area contributed by atoms with Crippen LogP contribution in [0.1, 0.15) is 22.4 Å². The lowest BCUT2D eigenvalue weighted by atomic mass is 10.0. The van der Waals surface area contributed by atoms with Gasteiger partial charge in [-0.05, 0) is 41.3 Å². The first-order chi connectivity index (χ1) is 14.7. The van der Waals surface area contributed by atoms with Crippen molar-refractivity contribution in [2.75, 3.05) is 13.7 Å². The average Bonchev–Trinajstić information content (AvgIpc) is 3.11. The smallest absolute Gasteiger partial charge is 0.126 e. The first-order valence-electron chi connectivity index (χ1n) is 10.3. The standard InChI is InChI=1S/C26H24N2OS/c1-29-21-11-7-10-20(16-21)18-28-24-13-6-5-12-22(24)23-14-15-27(26(30)25(23)28)17-19-8-3-2-4-9-19/h2-13,16H,14-15,17-18H2,1H3. The van der Waals surface area contributed by atoms with E-state index in [4.69, 9.17) is 17.0 Å². The van der Waals surface area contributed by atoms with Crippen molar-refractivity contribution in [2.24, 2.45) is 0 Å². The molecular formula is C26H24N2OS. The average molecular weight is 413 g/mol. The molecule has 1 aliphatic rings. The molecule has 1 aliphatic heterocycles. The van der Waals surface area contributed by atoms with Crippen molar-refractivity contribution < 1.29 is 4.74 Å². The van der Waals surface area contributed by atoms with Crippen molar-refractivity contribution in [1.82, 2.24) is 9.47 Å². The van der Waals surface area contributed by atoms with E-state index in [1.54, 1.807) is 7.11 Å². The van der Waals surface area contributed by atoms with Gasteiger partial charge in [0, 0.05) is 30.5 Å². The van der Waals surface area contributed by atoms with Gasteiger partial charge in [0.15, 0.2) is 0 Å². The molecule has 150 valence electrons. The normalized spacial score (nSPS) is 13.5. The fourth-order valence-electron chi connectivity index (χ4n) is 4.44. The van der Waals surface area contributed by atoms with E-state index in [0.717, 1.165) is 36.8 Å². The Hall–Kier alpha value is -3.11. The fourth-order valence-corrected chi connectivity index (χ4v) is 4.83. The summed E-state index contributed by atoms with van der Waals surface area (Å²) >= 11 is 6.05. The zero-order chi connectivity index (χ0) is 20.5. The van der Waals surface area contributed by atoms with E-state index in [-0.39, 0.29) is 0 Å². The minimum absolute atomic E-state index is 0.770. The number of ether oxygens (including phenoxy) is 1. The van der Waals surface area contributed by atoms with Gasteiger partial charge >= 0.3 is 0 Å². The summed E-state index contributed by atoms with van der Waals surface area (Å²) in [6, 6.07) is 27.5. The van der Waals surface area contributed by atoms with Crippen LogP contribution in [-0.2, 0) is 19.5 Å². The maximum absolute atomic E-state index is 6.05. The van der Waals surface area contributed by atoms with Crippen molar-refractivity contribution in [2.45, 2.75) is 19.5 Å². The first kappa shape index (κ1) is 18.9. The van der Waals surface area contributed by atoms with E-state index in [1.807, 2.05) is 12.1 Å². The molecular weight excluding hydrogens is 388 g/mol. The first-order valence-corrected chi connectivity index (χ1v) is 10.7. The van der Waals surface area contributed by atoms with Gasteiger partial charge in [-0.1, -0.05) is 72.9 Å². The van der Waals surface area contributed by atoms with Gasteiger partial charge in [0.1, 0.15) is 10.7 Å². The molecule has 0 amide bonds. The second-order valence-corrected chi connectivity index (χ2v) is 8.13. The Balaban J connectivity index is 1.57. The highest BCUT2D eigenvalue weighted by atomic mass is 32.1. The summed E-state index contributed by atoms with van der Waals surface area (Å²) in [7, 11) is 1.71. The second-order valence-electron chi connectivity index (χ2n) is 7.74. The molecule has 0 unspecified atom stereocenters. The van der Waals surface area contributed by atoms with Gasteiger partial charge in [-0.15, -0.1) is 0 Å². The SMILES string of the molecule is COc1cccc(Cn2c3c(c4ccccc42)CCN(Cc2ccccc2)C3=S)c1. The van der Waals surface area contributed by atoms with Gasteiger partial charge in [-0.25, -0.2) is 0 Å². The molecule has 0 spiro atoms. The highest BCUT2D eigenvalue weighted by Gasteiger charge is 2.28. The van der Waals surface area contributed by atoms with E-state index in [0.29, 0.717) is 0 Å². The molecule has 3 aromatic carbocycles. The molecule has 0 saturated carbocycles. The van der Waals surface area contributed by atoms with Crippen LogP contribution in [0.3, 0.4) is 0 Å². The molecule has 0 atom stereocenters. The van der Waals surface area contributed by atoms with Crippen LogP contribution in [0.25, 0.3) is 10.9 Å². The maximum Gasteiger partial charge on any atom is 0.126 e. The molecule has 4 aromatic rings. The summed E-state index contributed by atoms with van der Waals surface area (Å²) in [6.45, 7) is 2.57. The van der Waals surface area contributed by atoms with Crippen molar-refractivity contribution in [1.29, 1.82) is 0 Å². The summed E-state index contributed by atoms with van der Waals surface area (Å²) in [5, 5.41) is 1.32. The number of hydrogen-bond acceptors (Lipinski definition) is 2. The van der Waals surface area contributed by atoms with Gasteiger partial charge in [0.25, 0.3) is 0 Å². The third kappa shape index (κ3) is 3.37. The predicted octanol–water partition coefficient (Wildman–Crippen LogP) is 5.43. The predicted molar refractivity (Wildman–Crippen MR) is 126 cm³/mol. The molecule has 0 N–H and O–H groups in total. The highest BCUT2D eigenvalue weighted by molar-refractivity contribution is 7.80. The number of thiocarbonyl (C=S) groups is 1. The van der Waals surface area contributed by atoms with Crippen molar-refractivity contribution >= 4 is 28.1 Å². The monoisotopic (exact) mass is 412 g/mol. The van der Waals surface area contributed by atoms with Crippen LogP contribution in [0.4, 0.5) is 0 Å². The lowest BCUT2D eigenvalue weighted by molar-refractivity contribution is 0.411. The summed E-state index contributed by atoms with van der Waals surface area (Å²) in [6.07, 6.45) is 1.01. The van der Waals surface area contributed by atoms with Gasteiger partial charge in [0.2, 0.25) is 0 Å². The minimum atomic E-state index is 0.770. The van der Waals surface area contributed by atoms with Crippen LogP contribution >= 0.6 is 12.2 Å². The highest BCUT2D eigenvalue weighted by Crippen LogP contribution is 2.33. The van der Waals surface area contributed by atoms with E-state index in [2.05, 4.69) is 76.2 Å². The number of hydrogen-bond donors (Lipinski definition) is 0. The molecule has 3 nitrogen and oxygen atoms in total. The number of para-hydroxylation sites is 1. The minimum Gasteiger partial charge on any atom is -0.497 e. The number of nitrogens with zero attached hydrogens (tertiary/aromatic N) is 2. The molecule has 0 fully saturated rings. The molecule has 5 rings (SSSR count). The van der Waals surface area contributed by atoms with Crippen LogP contribution in [0, 0.1) is 0 Å². The van der Waals surface area contributed by atoms with Crippen molar-refractivity contribution in [3.05, 3.63) is 101 Å². The van der Waals surface area contributed by atoms with Gasteiger partial charge in [-0.2, -0.15) is 0 Å². The molecule has 0 bridgehead atoms. The second kappa shape index (κ2) is 7.96. The van der Waals surface area contributed by atoms with Crippen LogP contribution < -0.4 is 4.74 Å². The Morgan fingerprint density at radius 2 is 1.63 bits per heavy atom. The molecule has 0 radical (unpaired) electrons. The summed E-state index contributed by atoms with van der Waals surface area (Å²) in [4.78, 5) is 3.28. The van der Waals surface area contributed by atoms with Gasteiger partial charge in [0.05, 0.1) is 12.8 Å². The maximum atomic E-state index is 6.05. The molecule has 0 saturated heterocycles. The molecule has 4 heteroatoms. The molecule has 2 heterocycles. The number of methoxy groups -OCH3 is 1. The zero-order valence-electron chi connectivity index (χ0n) is 17.0. The van der Waals surface area contributed by atoms with Gasteiger partial charge in [-0.3, -0.25) is 0 Å². The Morgan fingerprint density at radius 3 is 2.47 bits per heavy atom. The molecule has 30 heavy (non-hydrogen) atoms. The third-order valence-electron chi connectivity index (χ3n) is 5.89. The van der Waals surface area contributed by atoms with Crippen LogP contribution in [-0.4, -0.2) is 28.1 Å². The lowest BCUT2D eigenvalue weighted by Gasteiger charge is -2.31. The largest absolute Gasteiger partial charge is 0.497 e. The van der Waals surface area contributed by atoms with Crippen molar-refractivity contribution in [3.8, 4) is 5.75 Å². The lowest BCUT2D eigenvalue weighted by Crippen LogP contribution is -2.37. The number of aromatic nitrogens is 1. The van der Waals surface area contributed by atoms with Crippen LogP contribution in [0.5, 0.6) is 5.75 Å². The number of rotatable bonds is 5. The van der Waals surface area contributed by atoms with E-state index >= 15 is 0 Å². The summed E-state index contributed by atoms with van der Waals surface area (Å²) in [5.41, 5.74) is 6.31. The van der Waals surface area contributed by atoms with E-state index in [1.165, 1.54) is 33.3 Å². The quantitative estimate of drug-likeness (QED) is 0.407. The van der Waals surface area contributed by atoms with Crippen LogP contribution in [0.2, 0.25) is 0 Å². The summed E-state index contributed by atoms with van der Waals surface area (Å²) in [5.74, 6) is 0.881. The Bertz CT molecular complexity index is 1210. The fraction of sp³-hybridized carbons (Fsp3) is 0.192. The zero-order valence-corrected chi connectivity index (χ0v) is 17.9. The van der Waals surface area contributed by atoms with E-state index in [9.17, 15) is 0 Å². The third-order valence-corrected chi connectivity index (χ3v) is 6.34. The molecule has 1 aromatic heterocycles. The topological polar surface area (TPSA) is 17.4 Å². The molecule has 0 aliphatic carbocycles. The van der Waals surface area contributed by atoms with E-state index < -0.39 is 0 Å². The summed E-state index contributed by atoms with van der Waals surface area (Å²) < 4.78 is 7.82. The van der Waals surface area contributed by atoms with Crippen molar-refractivity contribution in [3.63, 3.8) is 0 Å². The Morgan fingerprint density at radius 1 is 0.867 bits per heavy atom. The number of fused-ring (bicyclic) bond motifs is 3. The van der Waals surface area contributed by atoms with Crippen LogP contribution in [0.15, 0.2) is 78.9 Å². The van der Waals surface area contributed by atoms with Gasteiger partial charge < -0.3 is 14.2 Å². The number of benzene rings is 3. The Labute approximate surface area is 182 Å².